The molecule has 0 unspecified atom stereocenters. The summed E-state index contributed by atoms with van der Waals surface area (Å²) in [5.74, 6) is -0.129. The first-order chi connectivity index (χ1) is 11.6. The molecule has 1 aliphatic rings. The smallest absolute Gasteiger partial charge is 0.410 e. The molecule has 1 aromatic rings. The first kappa shape index (κ1) is 19.0. The van der Waals surface area contributed by atoms with Crippen molar-refractivity contribution >= 4 is 17.9 Å². The topological polar surface area (TPSA) is 95.9 Å². The minimum Gasteiger partial charge on any atom is -0.476 e. The van der Waals surface area contributed by atoms with Crippen LogP contribution in [-0.4, -0.2) is 63.3 Å². The lowest BCUT2D eigenvalue weighted by Crippen LogP contribution is -2.54. The maximum atomic E-state index is 12.3. The third-order valence-corrected chi connectivity index (χ3v) is 3.84. The normalized spacial score (nSPS) is 15.0. The van der Waals surface area contributed by atoms with Crippen LogP contribution in [0.5, 0.6) is 0 Å². The number of carbonyl (C=O) groups excluding carboxylic acids is 1. The fourth-order valence-corrected chi connectivity index (χ4v) is 2.56. The van der Waals surface area contributed by atoms with Crippen molar-refractivity contribution in [2.45, 2.75) is 46.3 Å². The van der Waals surface area contributed by atoms with Crippen LogP contribution >= 0.6 is 0 Å². The van der Waals surface area contributed by atoms with Gasteiger partial charge in [-0.15, -0.1) is 0 Å². The first-order valence-electron chi connectivity index (χ1n) is 8.36. The van der Waals surface area contributed by atoms with Crippen molar-refractivity contribution in [2.24, 2.45) is 5.92 Å². The van der Waals surface area contributed by atoms with Crippen LogP contribution in [0.4, 0.5) is 10.6 Å². The minimum atomic E-state index is -1.09. The minimum absolute atomic E-state index is 0.0542. The lowest BCUT2D eigenvalue weighted by molar-refractivity contribution is 0.0146. The molecule has 1 N–H and O–H groups in total. The largest absolute Gasteiger partial charge is 0.476 e. The summed E-state index contributed by atoms with van der Waals surface area (Å²) >= 11 is 0. The Morgan fingerprint density at radius 1 is 1.32 bits per heavy atom. The Hall–Kier alpha value is -2.38. The molecule has 0 atom stereocenters. The van der Waals surface area contributed by atoms with Crippen molar-refractivity contribution in [1.29, 1.82) is 0 Å². The number of carboxylic acids is 1. The van der Waals surface area contributed by atoms with E-state index in [1.165, 1.54) is 12.4 Å². The van der Waals surface area contributed by atoms with E-state index in [9.17, 15) is 9.59 Å². The van der Waals surface area contributed by atoms with E-state index in [1.807, 2.05) is 39.5 Å². The Kier molecular flexibility index (Phi) is 5.49. The highest BCUT2D eigenvalue weighted by Crippen LogP contribution is 2.24. The molecule has 0 radical (unpaired) electrons. The van der Waals surface area contributed by atoms with Gasteiger partial charge in [-0.05, 0) is 34.6 Å². The summed E-state index contributed by atoms with van der Waals surface area (Å²) in [6.45, 7) is 11.6. The molecule has 0 saturated carbocycles. The van der Waals surface area contributed by atoms with E-state index in [1.54, 1.807) is 4.90 Å². The SMILES string of the molecule is CC(C)N(CC1CN(c2cnc(C(=O)O)cn2)C1)C(=O)OC(C)(C)C. The summed E-state index contributed by atoms with van der Waals surface area (Å²) < 4.78 is 5.47. The zero-order chi connectivity index (χ0) is 18.8. The Morgan fingerprint density at radius 2 is 1.96 bits per heavy atom. The number of carbonyl (C=O) groups is 2. The summed E-state index contributed by atoms with van der Waals surface area (Å²) in [7, 11) is 0. The van der Waals surface area contributed by atoms with E-state index < -0.39 is 11.6 Å². The number of aromatic nitrogens is 2. The summed E-state index contributed by atoms with van der Waals surface area (Å²) in [6, 6.07) is 0.0542. The van der Waals surface area contributed by atoms with Crippen molar-refractivity contribution in [2.75, 3.05) is 24.5 Å². The molecule has 8 nitrogen and oxygen atoms in total. The third-order valence-electron chi connectivity index (χ3n) is 3.84. The maximum Gasteiger partial charge on any atom is 0.410 e. The van der Waals surface area contributed by atoms with Crippen LogP contribution in [-0.2, 0) is 4.74 Å². The van der Waals surface area contributed by atoms with Crippen molar-refractivity contribution in [3.8, 4) is 0 Å². The molecule has 0 aromatic carbocycles. The van der Waals surface area contributed by atoms with Gasteiger partial charge in [0.15, 0.2) is 5.69 Å². The van der Waals surface area contributed by atoms with E-state index in [2.05, 4.69) is 9.97 Å². The number of anilines is 1. The van der Waals surface area contributed by atoms with Crippen LogP contribution in [0, 0.1) is 5.92 Å². The van der Waals surface area contributed by atoms with E-state index in [4.69, 9.17) is 9.84 Å². The van der Waals surface area contributed by atoms with Gasteiger partial charge in [-0.1, -0.05) is 0 Å². The standard InChI is InChI=1S/C17H26N4O4/c1-11(2)21(16(24)25-17(3,4)5)10-12-8-20(9-12)14-7-18-13(6-19-14)15(22)23/h6-7,11-12H,8-10H2,1-5H3,(H,22,23). The fraction of sp³-hybridized carbons (Fsp3) is 0.647. The zero-order valence-electron chi connectivity index (χ0n) is 15.4. The molecular formula is C17H26N4O4. The predicted octanol–water partition coefficient (Wildman–Crippen LogP) is 2.26. The van der Waals surface area contributed by atoms with Crippen LogP contribution in [0.2, 0.25) is 0 Å². The summed E-state index contributed by atoms with van der Waals surface area (Å²) in [6.07, 6.45) is 2.42. The molecule has 2 rings (SSSR count). The van der Waals surface area contributed by atoms with E-state index >= 15 is 0 Å². The highest BCUT2D eigenvalue weighted by Gasteiger charge is 2.33. The molecule has 1 aliphatic heterocycles. The fourth-order valence-electron chi connectivity index (χ4n) is 2.56. The lowest BCUT2D eigenvalue weighted by atomic mass is 9.99. The summed E-state index contributed by atoms with van der Waals surface area (Å²) in [5, 5.41) is 8.85. The Balaban J connectivity index is 1.90. The second-order valence-corrected chi connectivity index (χ2v) is 7.56. The second-order valence-electron chi connectivity index (χ2n) is 7.56. The Bertz CT molecular complexity index is 619. The van der Waals surface area contributed by atoms with Crippen LogP contribution < -0.4 is 4.90 Å². The van der Waals surface area contributed by atoms with E-state index in [0.29, 0.717) is 18.3 Å². The van der Waals surface area contributed by atoms with E-state index in [-0.39, 0.29) is 17.8 Å². The molecule has 1 aromatic heterocycles. The Morgan fingerprint density at radius 3 is 2.40 bits per heavy atom. The highest BCUT2D eigenvalue weighted by atomic mass is 16.6. The zero-order valence-corrected chi connectivity index (χ0v) is 15.4. The molecule has 1 saturated heterocycles. The van der Waals surface area contributed by atoms with Crippen molar-refractivity contribution in [1.82, 2.24) is 14.9 Å². The molecule has 1 fully saturated rings. The number of aromatic carboxylic acids is 1. The van der Waals surface area contributed by atoms with Gasteiger partial charge in [0, 0.05) is 31.6 Å². The van der Waals surface area contributed by atoms with E-state index in [0.717, 1.165) is 13.1 Å². The highest BCUT2D eigenvalue weighted by molar-refractivity contribution is 5.84. The van der Waals surface area contributed by atoms with Gasteiger partial charge in [-0.2, -0.15) is 0 Å². The van der Waals surface area contributed by atoms with Gasteiger partial charge in [0.25, 0.3) is 0 Å². The number of ether oxygens (including phenoxy) is 1. The van der Waals surface area contributed by atoms with Crippen LogP contribution in [0.1, 0.15) is 45.1 Å². The monoisotopic (exact) mass is 350 g/mol. The molecule has 0 bridgehead atoms. The number of carboxylic acid groups (broad SMARTS) is 1. The quantitative estimate of drug-likeness (QED) is 0.870. The van der Waals surface area contributed by atoms with Gasteiger partial charge < -0.3 is 19.6 Å². The number of hydrogen-bond acceptors (Lipinski definition) is 6. The molecule has 2 heterocycles. The van der Waals surface area contributed by atoms with Gasteiger partial charge in [0.2, 0.25) is 0 Å². The number of hydrogen-bond donors (Lipinski definition) is 1. The van der Waals surface area contributed by atoms with Gasteiger partial charge in [0.1, 0.15) is 11.4 Å². The van der Waals surface area contributed by atoms with Crippen LogP contribution in [0.15, 0.2) is 12.4 Å². The van der Waals surface area contributed by atoms with Crippen LogP contribution in [0.3, 0.4) is 0 Å². The van der Waals surface area contributed by atoms with Crippen molar-refractivity contribution in [3.63, 3.8) is 0 Å². The lowest BCUT2D eigenvalue weighted by Gasteiger charge is -2.43. The van der Waals surface area contributed by atoms with Crippen LogP contribution in [0.25, 0.3) is 0 Å². The first-order valence-corrected chi connectivity index (χ1v) is 8.36. The summed E-state index contributed by atoms with van der Waals surface area (Å²) in [5.41, 5.74) is -0.589. The summed E-state index contributed by atoms with van der Waals surface area (Å²) in [4.78, 5) is 34.9. The molecule has 0 aliphatic carbocycles. The molecule has 0 spiro atoms. The molecule has 8 heteroatoms. The predicted molar refractivity (Wildman–Crippen MR) is 92.8 cm³/mol. The van der Waals surface area contributed by atoms with Gasteiger partial charge in [-0.3, -0.25) is 0 Å². The molecular weight excluding hydrogens is 324 g/mol. The molecule has 25 heavy (non-hydrogen) atoms. The Labute approximate surface area is 147 Å². The maximum absolute atomic E-state index is 12.3. The number of rotatable bonds is 5. The van der Waals surface area contributed by atoms with Crippen molar-refractivity contribution in [3.05, 3.63) is 18.1 Å². The second kappa shape index (κ2) is 7.25. The van der Waals surface area contributed by atoms with Gasteiger partial charge in [0.05, 0.1) is 12.4 Å². The third kappa shape index (κ3) is 5.04. The number of nitrogens with zero attached hydrogens (tertiary/aromatic N) is 4. The van der Waals surface area contributed by atoms with Crippen molar-refractivity contribution < 1.29 is 19.4 Å². The van der Waals surface area contributed by atoms with Gasteiger partial charge >= 0.3 is 12.1 Å². The average Bonchev–Trinajstić information content (AvgIpc) is 2.43. The molecule has 138 valence electrons. The molecule has 1 amide bonds. The number of amides is 1. The average molecular weight is 350 g/mol. The van der Waals surface area contributed by atoms with Gasteiger partial charge in [-0.25, -0.2) is 19.6 Å².